The summed E-state index contributed by atoms with van der Waals surface area (Å²) in [7, 11) is 4.07. The van der Waals surface area contributed by atoms with Crippen LogP contribution in [0.4, 0.5) is 0 Å². The first-order chi connectivity index (χ1) is 8.01. The zero-order chi connectivity index (χ0) is 13.3. The molecule has 0 bridgehead atoms. The molecular formula is C13H29N3O. The highest BCUT2D eigenvalue weighted by molar-refractivity contribution is 5.78. The van der Waals surface area contributed by atoms with Gasteiger partial charge in [0.1, 0.15) is 0 Å². The highest BCUT2D eigenvalue weighted by atomic mass is 16.2. The van der Waals surface area contributed by atoms with Crippen LogP contribution < -0.4 is 5.32 Å². The first-order valence-electron chi connectivity index (χ1n) is 6.67. The van der Waals surface area contributed by atoms with Crippen LogP contribution >= 0.6 is 0 Å². The third kappa shape index (κ3) is 8.16. The molecule has 17 heavy (non-hydrogen) atoms. The van der Waals surface area contributed by atoms with Gasteiger partial charge in [0.2, 0.25) is 5.91 Å². The second-order valence-corrected chi connectivity index (χ2v) is 4.87. The smallest absolute Gasteiger partial charge is 0.236 e. The van der Waals surface area contributed by atoms with Crippen molar-refractivity contribution < 1.29 is 4.79 Å². The highest BCUT2D eigenvalue weighted by Crippen LogP contribution is 1.95. The molecule has 0 fully saturated rings. The van der Waals surface area contributed by atoms with Crippen LogP contribution in [0.15, 0.2) is 0 Å². The molecule has 0 aliphatic rings. The summed E-state index contributed by atoms with van der Waals surface area (Å²) in [6.07, 6.45) is 2.07. The number of carbonyl (C=O) groups is 1. The van der Waals surface area contributed by atoms with E-state index in [4.69, 9.17) is 0 Å². The summed E-state index contributed by atoms with van der Waals surface area (Å²) in [5.74, 6) is 0.217. The summed E-state index contributed by atoms with van der Waals surface area (Å²) in [5, 5.41) is 3.25. The number of hydrogen-bond donors (Lipinski definition) is 1. The van der Waals surface area contributed by atoms with Gasteiger partial charge in [0.25, 0.3) is 0 Å². The van der Waals surface area contributed by atoms with Gasteiger partial charge in [0.05, 0.1) is 6.54 Å². The van der Waals surface area contributed by atoms with Crippen molar-refractivity contribution in [2.24, 2.45) is 0 Å². The predicted molar refractivity (Wildman–Crippen MR) is 73.2 cm³/mol. The molecule has 1 unspecified atom stereocenters. The van der Waals surface area contributed by atoms with Crippen molar-refractivity contribution in [2.75, 3.05) is 40.3 Å². The van der Waals surface area contributed by atoms with E-state index in [2.05, 4.69) is 31.0 Å². The van der Waals surface area contributed by atoms with Gasteiger partial charge in [-0.1, -0.05) is 13.8 Å². The van der Waals surface area contributed by atoms with Gasteiger partial charge in [-0.3, -0.25) is 4.79 Å². The molecule has 1 atom stereocenters. The first-order valence-corrected chi connectivity index (χ1v) is 6.67. The number of hydrogen-bond acceptors (Lipinski definition) is 3. The van der Waals surface area contributed by atoms with Crippen LogP contribution in [0, 0.1) is 0 Å². The Balaban J connectivity index is 4.05. The number of nitrogens with zero attached hydrogens (tertiary/aromatic N) is 2. The Morgan fingerprint density at radius 2 is 1.82 bits per heavy atom. The van der Waals surface area contributed by atoms with Gasteiger partial charge in [0.15, 0.2) is 0 Å². The molecule has 0 aromatic rings. The SMILES string of the molecule is CCCN(CCN(C)C)C(=O)CNC(C)CC. The Hall–Kier alpha value is -0.610. The summed E-state index contributed by atoms with van der Waals surface area (Å²) >= 11 is 0. The van der Waals surface area contributed by atoms with Crippen molar-refractivity contribution in [2.45, 2.75) is 39.7 Å². The molecule has 4 nitrogen and oxygen atoms in total. The maximum Gasteiger partial charge on any atom is 0.236 e. The van der Waals surface area contributed by atoms with Crippen LogP contribution in [0.5, 0.6) is 0 Å². The second kappa shape index (κ2) is 9.42. The van der Waals surface area contributed by atoms with Crippen LogP contribution in [-0.4, -0.2) is 62.0 Å². The predicted octanol–water partition coefficient (Wildman–Crippen LogP) is 1.17. The van der Waals surface area contributed by atoms with Gasteiger partial charge in [-0.25, -0.2) is 0 Å². The van der Waals surface area contributed by atoms with E-state index in [0.29, 0.717) is 12.6 Å². The van der Waals surface area contributed by atoms with E-state index in [0.717, 1.165) is 32.5 Å². The monoisotopic (exact) mass is 243 g/mol. The van der Waals surface area contributed by atoms with Crippen molar-refractivity contribution in [3.05, 3.63) is 0 Å². The van der Waals surface area contributed by atoms with Gasteiger partial charge < -0.3 is 15.1 Å². The molecule has 1 amide bonds. The fourth-order valence-corrected chi connectivity index (χ4v) is 1.47. The molecule has 0 heterocycles. The molecule has 0 saturated heterocycles. The minimum absolute atomic E-state index is 0.217. The van der Waals surface area contributed by atoms with Gasteiger partial charge in [-0.05, 0) is 33.9 Å². The molecule has 0 saturated carbocycles. The van der Waals surface area contributed by atoms with E-state index in [-0.39, 0.29) is 5.91 Å². The quantitative estimate of drug-likeness (QED) is 0.660. The number of nitrogens with one attached hydrogen (secondary N) is 1. The summed E-state index contributed by atoms with van der Waals surface area (Å²) in [6.45, 7) is 9.40. The third-order valence-electron chi connectivity index (χ3n) is 2.88. The van der Waals surface area contributed by atoms with Gasteiger partial charge in [0, 0.05) is 25.7 Å². The lowest BCUT2D eigenvalue weighted by molar-refractivity contribution is -0.130. The van der Waals surface area contributed by atoms with Crippen molar-refractivity contribution >= 4 is 5.91 Å². The van der Waals surface area contributed by atoms with Crippen LogP contribution in [-0.2, 0) is 4.79 Å². The Morgan fingerprint density at radius 3 is 2.29 bits per heavy atom. The standard InChI is InChI=1S/C13H29N3O/c1-6-8-16(10-9-15(4)5)13(17)11-14-12(3)7-2/h12,14H,6-11H2,1-5H3. The third-order valence-corrected chi connectivity index (χ3v) is 2.88. The molecule has 1 N–H and O–H groups in total. The topological polar surface area (TPSA) is 35.6 Å². The lowest BCUT2D eigenvalue weighted by atomic mass is 10.2. The van der Waals surface area contributed by atoms with E-state index >= 15 is 0 Å². The van der Waals surface area contributed by atoms with Crippen molar-refractivity contribution in [1.29, 1.82) is 0 Å². The average Bonchev–Trinajstić information content (AvgIpc) is 2.30. The van der Waals surface area contributed by atoms with E-state index in [1.54, 1.807) is 0 Å². The Morgan fingerprint density at radius 1 is 1.18 bits per heavy atom. The zero-order valence-electron chi connectivity index (χ0n) is 12.1. The Labute approximate surface area is 106 Å². The molecule has 0 aromatic carbocycles. The minimum atomic E-state index is 0.217. The first kappa shape index (κ1) is 16.4. The minimum Gasteiger partial charge on any atom is -0.340 e. The highest BCUT2D eigenvalue weighted by Gasteiger charge is 2.12. The van der Waals surface area contributed by atoms with Gasteiger partial charge >= 0.3 is 0 Å². The largest absolute Gasteiger partial charge is 0.340 e. The average molecular weight is 243 g/mol. The lowest BCUT2D eigenvalue weighted by Crippen LogP contribution is -2.43. The van der Waals surface area contributed by atoms with Crippen molar-refractivity contribution in [3.8, 4) is 0 Å². The normalized spacial score (nSPS) is 12.8. The molecule has 102 valence electrons. The number of carbonyl (C=O) groups excluding carboxylic acids is 1. The summed E-state index contributed by atoms with van der Waals surface area (Å²) in [6, 6.07) is 0.413. The van der Waals surface area contributed by atoms with Crippen LogP contribution in [0.3, 0.4) is 0 Å². The van der Waals surface area contributed by atoms with E-state index in [1.807, 2.05) is 19.0 Å². The van der Waals surface area contributed by atoms with E-state index in [9.17, 15) is 4.79 Å². The fraction of sp³-hybridized carbons (Fsp3) is 0.923. The van der Waals surface area contributed by atoms with Crippen LogP contribution in [0.25, 0.3) is 0 Å². The van der Waals surface area contributed by atoms with Crippen molar-refractivity contribution in [3.63, 3.8) is 0 Å². The second-order valence-electron chi connectivity index (χ2n) is 4.87. The van der Waals surface area contributed by atoms with Crippen molar-refractivity contribution in [1.82, 2.24) is 15.1 Å². The number of amides is 1. The van der Waals surface area contributed by atoms with E-state index < -0.39 is 0 Å². The van der Waals surface area contributed by atoms with Crippen LogP contribution in [0.2, 0.25) is 0 Å². The fourth-order valence-electron chi connectivity index (χ4n) is 1.47. The number of rotatable bonds is 9. The maximum atomic E-state index is 12.0. The summed E-state index contributed by atoms with van der Waals surface area (Å²) in [5.41, 5.74) is 0. The molecule has 0 aliphatic carbocycles. The summed E-state index contributed by atoms with van der Waals surface area (Å²) < 4.78 is 0. The molecule has 4 heteroatoms. The zero-order valence-corrected chi connectivity index (χ0v) is 12.1. The Kier molecular flexibility index (Phi) is 9.09. The maximum absolute atomic E-state index is 12.0. The van der Waals surface area contributed by atoms with Crippen LogP contribution in [0.1, 0.15) is 33.6 Å². The lowest BCUT2D eigenvalue weighted by Gasteiger charge is -2.24. The van der Waals surface area contributed by atoms with E-state index in [1.165, 1.54) is 0 Å². The van der Waals surface area contributed by atoms with Gasteiger partial charge in [-0.2, -0.15) is 0 Å². The molecule has 0 spiro atoms. The Bertz CT molecular complexity index is 207. The molecule has 0 rings (SSSR count). The molecular weight excluding hydrogens is 214 g/mol. The van der Waals surface area contributed by atoms with Gasteiger partial charge in [-0.15, -0.1) is 0 Å². The molecule has 0 aromatic heterocycles. The molecule has 0 radical (unpaired) electrons. The summed E-state index contributed by atoms with van der Waals surface area (Å²) in [4.78, 5) is 16.1. The number of likely N-dealkylation sites (N-methyl/N-ethyl adjacent to an activating group) is 1. The molecule has 0 aliphatic heterocycles.